The summed E-state index contributed by atoms with van der Waals surface area (Å²) in [5, 5.41) is 0. The predicted octanol–water partition coefficient (Wildman–Crippen LogP) is 1.07. The molecule has 0 N–H and O–H groups in total. The van der Waals surface area contributed by atoms with E-state index in [-0.39, 0.29) is 12.5 Å². The number of esters is 1. The number of carbonyl (C=O) groups is 2. The zero-order chi connectivity index (χ0) is 13.4. The van der Waals surface area contributed by atoms with Gasteiger partial charge in [0, 0.05) is 19.4 Å². The van der Waals surface area contributed by atoms with Gasteiger partial charge in [-0.3, -0.25) is 9.59 Å². The number of ether oxygens (including phenoxy) is 1. The molecule has 98 valence electrons. The van der Waals surface area contributed by atoms with Crippen LogP contribution < -0.4 is 4.90 Å². The van der Waals surface area contributed by atoms with Crippen LogP contribution in [0.25, 0.3) is 0 Å². The third-order valence-corrected chi connectivity index (χ3v) is 2.26. The Bertz CT molecular complexity index is 392. The van der Waals surface area contributed by atoms with Gasteiger partial charge < -0.3 is 9.64 Å². The van der Waals surface area contributed by atoms with Crippen molar-refractivity contribution in [3.05, 3.63) is 18.0 Å². The fourth-order valence-electron chi connectivity index (χ4n) is 1.23. The normalized spacial score (nSPS) is 9.89. The van der Waals surface area contributed by atoms with Crippen LogP contribution in [-0.2, 0) is 9.53 Å². The zero-order valence-electron chi connectivity index (χ0n) is 10.6. The average Bonchev–Trinajstić information content (AvgIpc) is 2.39. The van der Waals surface area contributed by atoms with Crippen LogP contribution in [0.1, 0.15) is 30.1 Å². The smallest absolute Gasteiger partial charge is 0.325 e. The van der Waals surface area contributed by atoms with Crippen molar-refractivity contribution < 1.29 is 14.3 Å². The first-order valence-electron chi connectivity index (χ1n) is 5.81. The lowest BCUT2D eigenvalue weighted by Gasteiger charge is -2.15. The van der Waals surface area contributed by atoms with Crippen molar-refractivity contribution in [3.63, 3.8) is 0 Å². The summed E-state index contributed by atoms with van der Waals surface area (Å²) in [5.41, 5.74) is 0.401. The first-order valence-corrected chi connectivity index (χ1v) is 5.81. The minimum absolute atomic E-state index is 0.0875. The van der Waals surface area contributed by atoms with Gasteiger partial charge in [0.1, 0.15) is 6.54 Å². The molecule has 1 rings (SSSR count). The first-order chi connectivity index (χ1) is 8.67. The molecule has 6 heteroatoms. The third-order valence-electron chi connectivity index (χ3n) is 2.26. The Kier molecular flexibility index (Phi) is 5.76. The number of hydrogen-bond acceptors (Lipinski definition) is 6. The van der Waals surface area contributed by atoms with Crippen molar-refractivity contribution >= 4 is 18.2 Å². The highest BCUT2D eigenvalue weighted by atomic mass is 16.5. The van der Waals surface area contributed by atoms with Gasteiger partial charge in [0.05, 0.1) is 12.2 Å². The second kappa shape index (κ2) is 7.37. The Morgan fingerprint density at radius 1 is 1.44 bits per heavy atom. The summed E-state index contributed by atoms with van der Waals surface area (Å²) in [6.07, 6.45) is 5.34. The largest absolute Gasteiger partial charge is 0.464 e. The van der Waals surface area contributed by atoms with Crippen LogP contribution in [0.2, 0.25) is 0 Å². The quantitative estimate of drug-likeness (QED) is 0.410. The lowest BCUT2D eigenvalue weighted by Crippen LogP contribution is -2.28. The first kappa shape index (κ1) is 14.1. The van der Waals surface area contributed by atoms with Gasteiger partial charge >= 0.3 is 5.97 Å². The maximum absolute atomic E-state index is 11.4. The van der Waals surface area contributed by atoms with E-state index < -0.39 is 0 Å². The summed E-state index contributed by atoms with van der Waals surface area (Å²) in [6.45, 7) is 2.56. The number of hydrogen-bond donors (Lipinski definition) is 0. The molecule has 0 unspecified atom stereocenters. The van der Waals surface area contributed by atoms with E-state index in [1.807, 2.05) is 6.92 Å². The number of aromatic nitrogens is 2. The van der Waals surface area contributed by atoms with E-state index in [9.17, 15) is 9.59 Å². The van der Waals surface area contributed by atoms with Gasteiger partial charge in [-0.15, -0.1) is 0 Å². The number of rotatable bonds is 7. The Hall–Kier alpha value is -1.98. The van der Waals surface area contributed by atoms with E-state index in [1.54, 1.807) is 11.9 Å². The molecule has 0 spiro atoms. The molecule has 0 saturated carbocycles. The van der Waals surface area contributed by atoms with Crippen LogP contribution >= 0.6 is 0 Å². The number of likely N-dealkylation sites (N-methyl/N-ethyl adjacent to an activating group) is 1. The van der Waals surface area contributed by atoms with Crippen LogP contribution in [0.4, 0.5) is 5.95 Å². The molecule has 1 aromatic heterocycles. The summed E-state index contributed by atoms with van der Waals surface area (Å²) in [7, 11) is 1.69. The molecule has 0 atom stereocenters. The van der Waals surface area contributed by atoms with Gasteiger partial charge in [-0.1, -0.05) is 13.3 Å². The van der Waals surface area contributed by atoms with E-state index in [0.29, 0.717) is 24.4 Å². The zero-order valence-corrected chi connectivity index (χ0v) is 10.6. The minimum Gasteiger partial charge on any atom is -0.464 e. The summed E-state index contributed by atoms with van der Waals surface area (Å²) >= 11 is 0. The standard InChI is InChI=1S/C12H17N3O3/c1-3-4-5-18-11(17)8-15(2)12-13-6-10(9-16)7-14-12/h6-7,9H,3-5,8H2,1-2H3. The van der Waals surface area contributed by atoms with E-state index in [4.69, 9.17) is 4.74 Å². The molecule has 0 saturated heterocycles. The third kappa shape index (κ3) is 4.48. The Morgan fingerprint density at radius 2 is 2.11 bits per heavy atom. The fraction of sp³-hybridized carbons (Fsp3) is 0.500. The summed E-state index contributed by atoms with van der Waals surface area (Å²) in [6, 6.07) is 0. The number of unbranched alkanes of at least 4 members (excludes halogenated alkanes) is 1. The van der Waals surface area contributed by atoms with Gasteiger partial charge in [-0.2, -0.15) is 0 Å². The highest BCUT2D eigenvalue weighted by Crippen LogP contribution is 2.04. The van der Waals surface area contributed by atoms with Crippen molar-refractivity contribution in [1.82, 2.24) is 9.97 Å². The van der Waals surface area contributed by atoms with Crippen LogP contribution in [0.15, 0.2) is 12.4 Å². The molecule has 1 heterocycles. The maximum Gasteiger partial charge on any atom is 0.325 e. The van der Waals surface area contributed by atoms with Crippen LogP contribution in [0, 0.1) is 0 Å². The van der Waals surface area contributed by atoms with Crippen molar-refractivity contribution in [1.29, 1.82) is 0 Å². The molecular weight excluding hydrogens is 234 g/mol. The molecule has 0 radical (unpaired) electrons. The molecule has 0 aromatic carbocycles. The molecule has 0 fully saturated rings. The predicted molar refractivity (Wildman–Crippen MR) is 66.6 cm³/mol. The number of anilines is 1. The van der Waals surface area contributed by atoms with Gasteiger partial charge in [-0.05, 0) is 6.42 Å². The highest BCUT2D eigenvalue weighted by molar-refractivity contribution is 5.75. The monoisotopic (exact) mass is 251 g/mol. The maximum atomic E-state index is 11.4. The van der Waals surface area contributed by atoms with E-state index in [0.717, 1.165) is 12.8 Å². The van der Waals surface area contributed by atoms with Gasteiger partial charge in [-0.25, -0.2) is 9.97 Å². The van der Waals surface area contributed by atoms with Crippen LogP contribution in [0.5, 0.6) is 0 Å². The van der Waals surface area contributed by atoms with Crippen molar-refractivity contribution in [2.24, 2.45) is 0 Å². The molecule has 18 heavy (non-hydrogen) atoms. The van der Waals surface area contributed by atoms with Crippen LogP contribution in [0.3, 0.4) is 0 Å². The molecule has 6 nitrogen and oxygen atoms in total. The highest BCUT2D eigenvalue weighted by Gasteiger charge is 2.10. The molecule has 0 aliphatic carbocycles. The van der Waals surface area contributed by atoms with Crippen molar-refractivity contribution in [3.8, 4) is 0 Å². The molecule has 1 aromatic rings. The number of carbonyl (C=O) groups excluding carboxylic acids is 2. The van der Waals surface area contributed by atoms with E-state index >= 15 is 0 Å². The van der Waals surface area contributed by atoms with Gasteiger partial charge in [0.15, 0.2) is 6.29 Å². The van der Waals surface area contributed by atoms with Gasteiger partial charge in [0.25, 0.3) is 0 Å². The average molecular weight is 251 g/mol. The van der Waals surface area contributed by atoms with Crippen molar-refractivity contribution in [2.75, 3.05) is 25.1 Å². The second-order valence-electron chi connectivity index (χ2n) is 3.86. The van der Waals surface area contributed by atoms with Crippen LogP contribution in [-0.4, -0.2) is 42.4 Å². The summed E-state index contributed by atoms with van der Waals surface area (Å²) in [4.78, 5) is 31.4. The molecular formula is C12H17N3O3. The molecule has 0 bridgehead atoms. The van der Waals surface area contributed by atoms with Gasteiger partial charge in [0.2, 0.25) is 5.95 Å². The van der Waals surface area contributed by atoms with E-state index in [1.165, 1.54) is 12.4 Å². The number of aldehydes is 1. The van der Waals surface area contributed by atoms with E-state index in [2.05, 4.69) is 9.97 Å². The summed E-state index contributed by atoms with van der Waals surface area (Å²) < 4.78 is 5.03. The van der Waals surface area contributed by atoms with Crippen molar-refractivity contribution in [2.45, 2.75) is 19.8 Å². The number of nitrogens with zero attached hydrogens (tertiary/aromatic N) is 3. The molecule has 0 amide bonds. The topological polar surface area (TPSA) is 72.4 Å². The fourth-order valence-corrected chi connectivity index (χ4v) is 1.23. The SMILES string of the molecule is CCCCOC(=O)CN(C)c1ncc(C=O)cn1. The molecule has 0 aliphatic heterocycles. The Morgan fingerprint density at radius 3 is 2.67 bits per heavy atom. The summed E-state index contributed by atoms with van der Waals surface area (Å²) in [5.74, 6) is 0.0713. The minimum atomic E-state index is -0.311. The molecule has 0 aliphatic rings. The Labute approximate surface area is 106 Å². The lowest BCUT2D eigenvalue weighted by molar-refractivity contribution is -0.142. The second-order valence-corrected chi connectivity index (χ2v) is 3.86. The lowest BCUT2D eigenvalue weighted by atomic mass is 10.4. The Balaban J connectivity index is 2.45.